The molecule has 1 saturated heterocycles. The van der Waals surface area contributed by atoms with Gasteiger partial charge in [-0.15, -0.1) is 0 Å². The third kappa shape index (κ3) is 5.60. The van der Waals surface area contributed by atoms with Crippen molar-refractivity contribution in [1.82, 2.24) is 9.88 Å². The number of pyridine rings is 1. The van der Waals surface area contributed by atoms with E-state index in [2.05, 4.69) is 30.0 Å². The first-order chi connectivity index (χ1) is 17.2. The number of phenols is 1. The summed E-state index contributed by atoms with van der Waals surface area (Å²) in [7, 11) is 5.78. The number of piperidine rings is 1. The number of halogens is 1. The number of carbonyl (C=O) groups is 1. The number of hydrogen-bond donors (Lipinski definition) is 1. The van der Waals surface area contributed by atoms with E-state index in [-0.39, 0.29) is 22.5 Å². The van der Waals surface area contributed by atoms with E-state index in [9.17, 15) is 9.90 Å². The maximum absolute atomic E-state index is 12.1. The highest BCUT2D eigenvalue weighted by atomic mass is 35.5. The van der Waals surface area contributed by atoms with Gasteiger partial charge in [0.15, 0.2) is 11.5 Å². The molecule has 36 heavy (non-hydrogen) atoms. The van der Waals surface area contributed by atoms with Crippen LogP contribution < -0.4 is 9.64 Å². The Morgan fingerprint density at radius 1 is 1.22 bits per heavy atom. The predicted molar refractivity (Wildman–Crippen MR) is 147 cm³/mol. The van der Waals surface area contributed by atoms with E-state index in [0.717, 1.165) is 60.1 Å². The van der Waals surface area contributed by atoms with E-state index in [1.165, 1.54) is 12.8 Å². The number of methoxy groups -OCH3 is 1. The Morgan fingerprint density at radius 2 is 1.94 bits per heavy atom. The minimum absolute atomic E-state index is 0.0628. The minimum atomic E-state index is -0.0716. The molecule has 192 valence electrons. The van der Waals surface area contributed by atoms with Gasteiger partial charge >= 0.3 is 0 Å². The zero-order chi connectivity index (χ0) is 26.0. The molecule has 7 heteroatoms. The molecule has 0 bridgehead atoms. The van der Waals surface area contributed by atoms with Crippen LogP contribution in [0.25, 0.3) is 22.0 Å². The zero-order valence-electron chi connectivity index (χ0n) is 21.8. The minimum Gasteiger partial charge on any atom is -0.503 e. The molecule has 0 radical (unpaired) electrons. The van der Waals surface area contributed by atoms with Crippen LogP contribution in [0.2, 0.25) is 5.02 Å². The van der Waals surface area contributed by atoms with Gasteiger partial charge in [-0.1, -0.05) is 24.6 Å². The highest BCUT2D eigenvalue weighted by Gasteiger charge is 2.25. The zero-order valence-corrected chi connectivity index (χ0v) is 22.6. The first-order valence-corrected chi connectivity index (χ1v) is 12.9. The van der Waals surface area contributed by atoms with E-state index in [4.69, 9.17) is 21.3 Å². The van der Waals surface area contributed by atoms with Crippen molar-refractivity contribution in [2.45, 2.75) is 33.1 Å². The number of hydrogen-bond acceptors (Lipinski definition) is 6. The number of fused-ring (bicyclic) bond motifs is 1. The third-order valence-electron chi connectivity index (χ3n) is 7.27. The predicted octanol–water partition coefficient (Wildman–Crippen LogP) is 5.82. The fourth-order valence-corrected chi connectivity index (χ4v) is 5.36. The second kappa shape index (κ2) is 11.1. The fourth-order valence-electron chi connectivity index (χ4n) is 5.15. The summed E-state index contributed by atoms with van der Waals surface area (Å²) in [6, 6.07) is 9.74. The van der Waals surface area contributed by atoms with Crippen LogP contribution in [0, 0.1) is 11.8 Å². The maximum atomic E-state index is 12.1. The van der Waals surface area contributed by atoms with Gasteiger partial charge in [0, 0.05) is 37.1 Å². The summed E-state index contributed by atoms with van der Waals surface area (Å²) in [6.45, 7) is 6.70. The number of ketones is 1. The Balaban J connectivity index is 1.80. The molecule has 0 spiro atoms. The topological polar surface area (TPSA) is 65.9 Å². The van der Waals surface area contributed by atoms with Crippen molar-refractivity contribution >= 4 is 34.0 Å². The van der Waals surface area contributed by atoms with Crippen molar-refractivity contribution in [2.24, 2.45) is 11.8 Å². The second-order valence-electron chi connectivity index (χ2n) is 10.3. The number of Topliss-reactive ketones (excluding diaryl/α,β-unsaturated/α-hetero) is 1. The van der Waals surface area contributed by atoms with Crippen LogP contribution in [-0.2, 0) is 11.2 Å². The van der Waals surface area contributed by atoms with Crippen LogP contribution in [0.4, 0.5) is 5.69 Å². The molecule has 4 rings (SSSR count). The lowest BCUT2D eigenvalue weighted by Crippen LogP contribution is -2.37. The highest BCUT2D eigenvalue weighted by molar-refractivity contribution is 6.32. The molecular formula is C29H36ClN3O3. The van der Waals surface area contributed by atoms with Crippen LogP contribution in [0.1, 0.15) is 32.3 Å². The number of anilines is 1. The van der Waals surface area contributed by atoms with Crippen molar-refractivity contribution in [3.05, 3.63) is 47.1 Å². The van der Waals surface area contributed by atoms with Crippen LogP contribution in [0.15, 0.2) is 36.5 Å². The lowest BCUT2D eigenvalue weighted by molar-refractivity contribution is -0.120. The third-order valence-corrected chi connectivity index (χ3v) is 7.56. The number of nitrogens with zero attached hydrogens (tertiary/aromatic N) is 3. The molecule has 1 atom stereocenters. The Kier molecular flexibility index (Phi) is 8.06. The molecule has 0 saturated carbocycles. The summed E-state index contributed by atoms with van der Waals surface area (Å²) >= 11 is 6.29. The Hall–Kier alpha value is -2.83. The lowest BCUT2D eigenvalue weighted by atomic mass is 9.92. The van der Waals surface area contributed by atoms with Crippen molar-refractivity contribution in [2.75, 3.05) is 45.7 Å². The Bertz CT molecular complexity index is 1250. The molecular weight excluding hydrogens is 474 g/mol. The highest BCUT2D eigenvalue weighted by Crippen LogP contribution is 2.41. The van der Waals surface area contributed by atoms with Gasteiger partial charge < -0.3 is 19.6 Å². The van der Waals surface area contributed by atoms with E-state index in [1.807, 2.05) is 25.3 Å². The number of phenolic OH excluding ortho intramolecular Hbond substituents is 1. The largest absolute Gasteiger partial charge is 0.503 e. The van der Waals surface area contributed by atoms with Gasteiger partial charge in [-0.3, -0.25) is 9.78 Å². The molecule has 1 aliphatic heterocycles. The van der Waals surface area contributed by atoms with Gasteiger partial charge in [-0.05, 0) is 87.2 Å². The average Bonchev–Trinajstić information content (AvgIpc) is 2.85. The molecule has 1 aliphatic rings. The molecule has 2 aromatic carbocycles. The number of aromatic hydroxyl groups is 1. The van der Waals surface area contributed by atoms with Gasteiger partial charge in [-0.2, -0.15) is 0 Å². The molecule has 2 heterocycles. The van der Waals surface area contributed by atoms with E-state index in [1.54, 1.807) is 19.1 Å². The lowest BCUT2D eigenvalue weighted by Gasteiger charge is -2.36. The average molecular weight is 510 g/mol. The van der Waals surface area contributed by atoms with Gasteiger partial charge in [-0.25, -0.2) is 0 Å². The fraction of sp³-hybridized carbons (Fsp3) is 0.448. The summed E-state index contributed by atoms with van der Waals surface area (Å²) in [5.74, 6) is 1.07. The van der Waals surface area contributed by atoms with E-state index < -0.39 is 0 Å². The van der Waals surface area contributed by atoms with Gasteiger partial charge in [0.2, 0.25) is 0 Å². The molecule has 1 aromatic heterocycles. The van der Waals surface area contributed by atoms with Gasteiger partial charge in [0.05, 0.1) is 23.3 Å². The van der Waals surface area contributed by atoms with Crippen LogP contribution >= 0.6 is 11.6 Å². The van der Waals surface area contributed by atoms with E-state index in [0.29, 0.717) is 18.1 Å². The molecule has 1 N–H and O–H groups in total. The summed E-state index contributed by atoms with van der Waals surface area (Å²) in [6.07, 6.45) is 4.87. The van der Waals surface area contributed by atoms with Crippen LogP contribution in [-0.4, -0.2) is 61.6 Å². The van der Waals surface area contributed by atoms with Crippen LogP contribution in [0.5, 0.6) is 11.5 Å². The summed E-state index contributed by atoms with van der Waals surface area (Å²) in [5, 5.41) is 11.5. The summed E-state index contributed by atoms with van der Waals surface area (Å²) < 4.78 is 5.33. The molecule has 0 aliphatic carbocycles. The normalized spacial score (nSPS) is 15.5. The monoisotopic (exact) mass is 509 g/mol. The first kappa shape index (κ1) is 26.2. The van der Waals surface area contributed by atoms with Gasteiger partial charge in [0.1, 0.15) is 5.78 Å². The van der Waals surface area contributed by atoms with Crippen molar-refractivity contribution in [3.63, 3.8) is 0 Å². The standard InChI is InChI=1S/C29H36ClN3O3/c1-18(19(2)34)12-23-16-31-26-7-6-21(22-14-25(30)29(35)27(15-22)36-5)13-24(26)28(23)33-10-8-20(9-11-33)17-32(3)4/h6-7,13-16,18,20,35H,8-12,17H2,1-5H3. The quantitative estimate of drug-likeness (QED) is 0.413. The molecule has 3 aromatic rings. The smallest absolute Gasteiger partial charge is 0.176 e. The van der Waals surface area contributed by atoms with Crippen molar-refractivity contribution in [3.8, 4) is 22.6 Å². The number of ether oxygens (including phenoxy) is 1. The second-order valence-corrected chi connectivity index (χ2v) is 10.7. The molecule has 1 fully saturated rings. The number of benzene rings is 2. The molecule has 1 unspecified atom stereocenters. The SMILES string of the molecule is COc1cc(-c2ccc3ncc(CC(C)C(C)=O)c(N4CCC(CN(C)C)CC4)c3c2)cc(Cl)c1O. The number of rotatable bonds is 8. The molecule has 6 nitrogen and oxygen atoms in total. The Morgan fingerprint density at radius 3 is 2.58 bits per heavy atom. The van der Waals surface area contributed by atoms with Crippen molar-refractivity contribution in [1.29, 1.82) is 0 Å². The van der Waals surface area contributed by atoms with Crippen molar-refractivity contribution < 1.29 is 14.6 Å². The van der Waals surface area contributed by atoms with Gasteiger partial charge in [0.25, 0.3) is 0 Å². The van der Waals surface area contributed by atoms with E-state index >= 15 is 0 Å². The number of carbonyl (C=O) groups excluding carboxylic acids is 1. The Labute approximate surface area is 218 Å². The first-order valence-electron chi connectivity index (χ1n) is 12.6. The summed E-state index contributed by atoms with van der Waals surface area (Å²) in [4.78, 5) is 21.6. The molecule has 0 amide bonds. The summed E-state index contributed by atoms with van der Waals surface area (Å²) in [5.41, 5.74) is 5.02. The number of aromatic nitrogens is 1. The maximum Gasteiger partial charge on any atom is 0.176 e. The van der Waals surface area contributed by atoms with Crippen LogP contribution in [0.3, 0.4) is 0 Å².